The Morgan fingerprint density at radius 1 is 0.537 bits per heavy atom. The third-order valence-corrected chi connectivity index (χ3v) is 11.7. The molecule has 4 aromatic carbocycles. The SMILES string of the molecule is COc1cc(C2CCCCC2)c(C2CCCCC2)cc1-c1c(OC)cccc1P(c1ccccc1)c1ccccc1. The first-order chi connectivity index (χ1) is 20.3. The molecule has 3 heteroatoms. The van der Waals surface area contributed by atoms with Gasteiger partial charge in [-0.3, -0.25) is 0 Å². The summed E-state index contributed by atoms with van der Waals surface area (Å²) in [6.45, 7) is 0. The molecular formula is C38H43O2P. The van der Waals surface area contributed by atoms with E-state index in [9.17, 15) is 0 Å². The zero-order valence-corrected chi connectivity index (χ0v) is 25.5. The molecule has 0 spiro atoms. The second-order valence-corrected chi connectivity index (χ2v) is 13.9. The van der Waals surface area contributed by atoms with Gasteiger partial charge in [-0.15, -0.1) is 0 Å². The fraction of sp³-hybridized carbons (Fsp3) is 0.368. The Kier molecular flexibility index (Phi) is 9.07. The molecule has 0 aromatic heterocycles. The van der Waals surface area contributed by atoms with Crippen molar-refractivity contribution in [3.63, 3.8) is 0 Å². The molecule has 2 aliphatic carbocycles. The molecule has 0 radical (unpaired) electrons. The third kappa shape index (κ3) is 5.96. The van der Waals surface area contributed by atoms with E-state index in [1.807, 2.05) is 7.11 Å². The van der Waals surface area contributed by atoms with Crippen LogP contribution in [0.5, 0.6) is 11.5 Å². The number of benzene rings is 4. The van der Waals surface area contributed by atoms with E-state index < -0.39 is 7.92 Å². The topological polar surface area (TPSA) is 18.5 Å². The summed E-state index contributed by atoms with van der Waals surface area (Å²) >= 11 is 0. The van der Waals surface area contributed by atoms with Crippen LogP contribution in [0.2, 0.25) is 0 Å². The molecule has 2 saturated carbocycles. The highest BCUT2D eigenvalue weighted by atomic mass is 31.1. The fourth-order valence-corrected chi connectivity index (χ4v) is 9.72. The molecule has 2 fully saturated rings. The van der Waals surface area contributed by atoms with Gasteiger partial charge in [0.1, 0.15) is 11.5 Å². The van der Waals surface area contributed by atoms with Crippen LogP contribution in [-0.2, 0) is 0 Å². The van der Waals surface area contributed by atoms with Crippen LogP contribution in [0.3, 0.4) is 0 Å². The van der Waals surface area contributed by atoms with E-state index in [1.54, 1.807) is 18.2 Å². The van der Waals surface area contributed by atoms with Crippen LogP contribution >= 0.6 is 7.92 Å². The van der Waals surface area contributed by atoms with Gasteiger partial charge in [-0.25, -0.2) is 0 Å². The Hall–Kier alpha value is -3.09. The minimum atomic E-state index is -0.809. The van der Waals surface area contributed by atoms with Crippen LogP contribution in [0.15, 0.2) is 91.0 Å². The van der Waals surface area contributed by atoms with E-state index in [4.69, 9.17) is 9.47 Å². The highest BCUT2D eigenvalue weighted by Gasteiger charge is 2.29. The monoisotopic (exact) mass is 562 g/mol. The van der Waals surface area contributed by atoms with E-state index in [-0.39, 0.29) is 0 Å². The van der Waals surface area contributed by atoms with Gasteiger partial charge in [0.2, 0.25) is 0 Å². The Balaban J connectivity index is 1.59. The zero-order valence-electron chi connectivity index (χ0n) is 24.6. The summed E-state index contributed by atoms with van der Waals surface area (Å²) in [4.78, 5) is 0. The lowest BCUT2D eigenvalue weighted by Crippen LogP contribution is -2.22. The van der Waals surface area contributed by atoms with E-state index in [0.717, 1.165) is 11.5 Å². The predicted octanol–water partition coefficient (Wildman–Crippen LogP) is 9.22. The van der Waals surface area contributed by atoms with Gasteiger partial charge in [0.25, 0.3) is 0 Å². The Morgan fingerprint density at radius 2 is 1.05 bits per heavy atom. The molecule has 0 bridgehead atoms. The summed E-state index contributed by atoms with van der Waals surface area (Å²) in [6.07, 6.45) is 13.3. The number of rotatable bonds is 8. The van der Waals surface area contributed by atoms with Crippen molar-refractivity contribution in [1.82, 2.24) is 0 Å². The van der Waals surface area contributed by atoms with Gasteiger partial charge in [0.05, 0.1) is 14.2 Å². The third-order valence-electron chi connectivity index (χ3n) is 9.26. The van der Waals surface area contributed by atoms with Crippen molar-refractivity contribution >= 4 is 23.8 Å². The largest absolute Gasteiger partial charge is 0.496 e. The lowest BCUT2D eigenvalue weighted by molar-refractivity contribution is 0.401. The maximum atomic E-state index is 6.27. The van der Waals surface area contributed by atoms with E-state index >= 15 is 0 Å². The molecule has 0 unspecified atom stereocenters. The molecule has 41 heavy (non-hydrogen) atoms. The number of methoxy groups -OCH3 is 2. The van der Waals surface area contributed by atoms with Crippen molar-refractivity contribution in [3.05, 3.63) is 102 Å². The minimum absolute atomic E-state index is 0.633. The summed E-state index contributed by atoms with van der Waals surface area (Å²) in [7, 11) is 2.84. The number of ether oxygens (including phenoxy) is 2. The molecule has 0 atom stereocenters. The van der Waals surface area contributed by atoms with Gasteiger partial charge in [-0.2, -0.15) is 0 Å². The van der Waals surface area contributed by atoms with Crippen LogP contribution in [0.1, 0.15) is 87.2 Å². The van der Waals surface area contributed by atoms with Gasteiger partial charge in [-0.1, -0.05) is 111 Å². The smallest absolute Gasteiger partial charge is 0.127 e. The van der Waals surface area contributed by atoms with Gasteiger partial charge < -0.3 is 9.47 Å². The van der Waals surface area contributed by atoms with Crippen LogP contribution in [0, 0.1) is 0 Å². The Morgan fingerprint density at radius 3 is 1.56 bits per heavy atom. The maximum Gasteiger partial charge on any atom is 0.127 e. The second-order valence-electron chi connectivity index (χ2n) is 11.7. The van der Waals surface area contributed by atoms with Crippen molar-refractivity contribution in [3.8, 4) is 22.6 Å². The van der Waals surface area contributed by atoms with Gasteiger partial charge in [-0.05, 0) is 90.7 Å². The van der Waals surface area contributed by atoms with Crippen molar-refractivity contribution in [2.45, 2.75) is 76.0 Å². The molecule has 2 aliphatic rings. The number of hydrogen-bond donors (Lipinski definition) is 0. The van der Waals surface area contributed by atoms with Gasteiger partial charge in [0.15, 0.2) is 0 Å². The molecule has 0 aliphatic heterocycles. The standard InChI is InChI=1S/C38H43O2P/c1-39-35-24-15-25-37(41(30-20-11-5-12-21-30)31-22-13-6-14-23-31)38(35)34-26-32(28-16-7-3-8-17-28)33(27-36(34)40-2)29-18-9-4-10-19-29/h5-6,11-15,20-29H,3-4,7-10,16-19H2,1-2H3. The highest BCUT2D eigenvalue weighted by molar-refractivity contribution is 7.80. The van der Waals surface area contributed by atoms with E-state index in [0.29, 0.717) is 11.8 Å². The van der Waals surface area contributed by atoms with Crippen molar-refractivity contribution in [2.24, 2.45) is 0 Å². The molecule has 0 amide bonds. The first kappa shape index (κ1) is 28.0. The van der Waals surface area contributed by atoms with Gasteiger partial charge in [0, 0.05) is 11.1 Å². The minimum Gasteiger partial charge on any atom is -0.496 e. The molecule has 212 valence electrons. The first-order valence-corrected chi connectivity index (χ1v) is 16.9. The van der Waals surface area contributed by atoms with Crippen LogP contribution in [0.4, 0.5) is 0 Å². The maximum absolute atomic E-state index is 6.27. The molecule has 0 saturated heterocycles. The van der Waals surface area contributed by atoms with Crippen molar-refractivity contribution < 1.29 is 9.47 Å². The summed E-state index contributed by atoms with van der Waals surface area (Å²) in [5.41, 5.74) is 5.49. The predicted molar refractivity (Wildman–Crippen MR) is 175 cm³/mol. The summed E-state index contributed by atoms with van der Waals surface area (Å²) in [6, 6.07) is 33.5. The highest BCUT2D eigenvalue weighted by Crippen LogP contribution is 2.48. The quantitative estimate of drug-likeness (QED) is 0.199. The summed E-state index contributed by atoms with van der Waals surface area (Å²) in [5.74, 6) is 3.17. The zero-order chi connectivity index (χ0) is 28.0. The Bertz CT molecular complexity index is 1380. The lowest BCUT2D eigenvalue weighted by Gasteiger charge is -2.31. The van der Waals surface area contributed by atoms with Crippen LogP contribution in [0.25, 0.3) is 11.1 Å². The lowest BCUT2D eigenvalue weighted by atomic mass is 9.75. The van der Waals surface area contributed by atoms with Crippen LogP contribution in [-0.4, -0.2) is 14.2 Å². The molecule has 2 nitrogen and oxygen atoms in total. The molecule has 4 aromatic rings. The van der Waals surface area contributed by atoms with Crippen molar-refractivity contribution in [1.29, 1.82) is 0 Å². The average Bonchev–Trinajstić information content (AvgIpc) is 3.06. The van der Waals surface area contributed by atoms with Crippen LogP contribution < -0.4 is 25.4 Å². The summed E-state index contributed by atoms with van der Waals surface area (Å²) < 4.78 is 12.4. The molecule has 6 rings (SSSR count). The fourth-order valence-electron chi connectivity index (χ4n) is 7.24. The molecule has 0 heterocycles. The Labute approximate surface area is 247 Å². The molecule has 0 N–H and O–H groups in total. The van der Waals surface area contributed by atoms with Gasteiger partial charge >= 0.3 is 0 Å². The summed E-state index contributed by atoms with van der Waals surface area (Å²) in [5, 5.41) is 4.00. The normalized spacial score (nSPS) is 16.6. The number of hydrogen-bond acceptors (Lipinski definition) is 2. The van der Waals surface area contributed by atoms with Crippen molar-refractivity contribution in [2.75, 3.05) is 14.2 Å². The molecular weight excluding hydrogens is 519 g/mol. The van der Waals surface area contributed by atoms with E-state index in [1.165, 1.54) is 91.2 Å². The van der Waals surface area contributed by atoms with E-state index in [2.05, 4.69) is 91.0 Å². The average molecular weight is 563 g/mol. The first-order valence-electron chi connectivity index (χ1n) is 15.6. The second kappa shape index (κ2) is 13.3.